The fourth-order valence-corrected chi connectivity index (χ4v) is 2.92. The largest absolute Gasteiger partial charge is 0.416 e. The summed E-state index contributed by atoms with van der Waals surface area (Å²) in [6.45, 7) is 6.11. The predicted octanol–water partition coefficient (Wildman–Crippen LogP) is 3.60. The maximum absolute atomic E-state index is 13.1. The third-order valence-electron chi connectivity index (χ3n) is 4.33. The molecule has 6 nitrogen and oxygen atoms in total. The molecule has 152 valence electrons. The van der Waals surface area contributed by atoms with Crippen LogP contribution in [0.25, 0.3) is 22.6 Å². The van der Waals surface area contributed by atoms with E-state index in [4.69, 9.17) is 5.11 Å². The second kappa shape index (κ2) is 8.44. The van der Waals surface area contributed by atoms with Crippen molar-refractivity contribution in [3.8, 4) is 16.9 Å². The number of aromatic nitrogens is 4. The molecule has 0 saturated heterocycles. The summed E-state index contributed by atoms with van der Waals surface area (Å²) in [5, 5.41) is 12.0. The molecule has 2 aromatic heterocycles. The summed E-state index contributed by atoms with van der Waals surface area (Å²) in [4.78, 5) is 12.4. The molecule has 9 heteroatoms. The Kier molecular flexibility index (Phi) is 5.97. The Hall–Kier alpha value is -3.20. The van der Waals surface area contributed by atoms with Crippen molar-refractivity contribution >= 4 is 5.70 Å². The number of nitrogens with zero attached hydrogens (tertiary/aromatic N) is 4. The van der Waals surface area contributed by atoms with E-state index in [0.717, 1.165) is 12.1 Å². The van der Waals surface area contributed by atoms with Crippen LogP contribution in [0.1, 0.15) is 23.4 Å². The van der Waals surface area contributed by atoms with E-state index in [1.807, 2.05) is 0 Å². The van der Waals surface area contributed by atoms with E-state index in [-0.39, 0.29) is 6.61 Å². The smallest absolute Gasteiger partial charge is 0.396 e. The first-order valence-electron chi connectivity index (χ1n) is 8.88. The van der Waals surface area contributed by atoms with Crippen LogP contribution in [-0.2, 0) is 6.18 Å². The maximum Gasteiger partial charge on any atom is 0.416 e. The summed E-state index contributed by atoms with van der Waals surface area (Å²) < 4.78 is 41.0. The zero-order chi connectivity index (χ0) is 21.0. The minimum absolute atomic E-state index is 0.0271. The monoisotopic (exact) mass is 403 g/mol. The van der Waals surface area contributed by atoms with E-state index in [0.29, 0.717) is 47.0 Å². The molecule has 0 unspecified atom stereocenters. The van der Waals surface area contributed by atoms with Gasteiger partial charge in [-0.2, -0.15) is 13.2 Å². The van der Waals surface area contributed by atoms with Crippen LogP contribution < -0.4 is 5.32 Å². The lowest BCUT2D eigenvalue weighted by Crippen LogP contribution is -2.17. The molecule has 0 atom stereocenters. The molecule has 0 radical (unpaired) electrons. The van der Waals surface area contributed by atoms with Crippen LogP contribution in [0.3, 0.4) is 0 Å². The summed E-state index contributed by atoms with van der Waals surface area (Å²) in [5.74, 6) is 0.449. The van der Waals surface area contributed by atoms with Crippen molar-refractivity contribution in [2.24, 2.45) is 0 Å². The van der Waals surface area contributed by atoms with Crippen LogP contribution in [0.2, 0.25) is 0 Å². The molecule has 2 heterocycles. The number of halogens is 3. The molecule has 0 bridgehead atoms. The van der Waals surface area contributed by atoms with Crippen molar-refractivity contribution in [3.63, 3.8) is 0 Å². The Morgan fingerprint density at radius 1 is 1.21 bits per heavy atom. The highest BCUT2D eigenvalue weighted by molar-refractivity contribution is 5.68. The normalized spacial score (nSPS) is 11.5. The van der Waals surface area contributed by atoms with Gasteiger partial charge in [-0.1, -0.05) is 6.58 Å². The van der Waals surface area contributed by atoms with Crippen molar-refractivity contribution in [2.75, 3.05) is 13.2 Å². The average molecular weight is 403 g/mol. The first-order chi connectivity index (χ1) is 13.8. The molecule has 3 rings (SSSR count). The van der Waals surface area contributed by atoms with Gasteiger partial charge in [-0.25, -0.2) is 15.0 Å². The molecule has 3 aromatic rings. The molecule has 0 amide bonds. The van der Waals surface area contributed by atoms with E-state index >= 15 is 0 Å². The predicted molar refractivity (Wildman–Crippen MR) is 103 cm³/mol. The number of hydrogen-bond donors (Lipinski definition) is 2. The van der Waals surface area contributed by atoms with Crippen molar-refractivity contribution in [1.29, 1.82) is 0 Å². The summed E-state index contributed by atoms with van der Waals surface area (Å²) in [6, 6.07) is 3.56. The number of imidazole rings is 1. The van der Waals surface area contributed by atoms with E-state index in [9.17, 15) is 13.2 Å². The van der Waals surface area contributed by atoms with Crippen LogP contribution in [0.5, 0.6) is 0 Å². The Bertz CT molecular complexity index is 999. The minimum atomic E-state index is -4.42. The van der Waals surface area contributed by atoms with Gasteiger partial charge in [0.2, 0.25) is 0 Å². The number of aryl methyl sites for hydroxylation is 1. The van der Waals surface area contributed by atoms with Crippen LogP contribution in [0.4, 0.5) is 13.2 Å². The Morgan fingerprint density at radius 2 is 1.93 bits per heavy atom. The van der Waals surface area contributed by atoms with Gasteiger partial charge >= 0.3 is 6.18 Å². The SMILES string of the molecule is C=C(NCCCO)c1ncc(-c2cncnc2)n1-c1ccc(C(F)(F)F)cc1C. The average Bonchev–Trinajstić information content (AvgIpc) is 3.13. The van der Waals surface area contributed by atoms with Crippen LogP contribution in [0.15, 0.2) is 49.7 Å². The van der Waals surface area contributed by atoms with Crippen molar-refractivity contribution < 1.29 is 18.3 Å². The molecule has 1 aromatic carbocycles. The topological polar surface area (TPSA) is 75.9 Å². The van der Waals surface area contributed by atoms with Gasteiger partial charge in [-0.15, -0.1) is 0 Å². The number of aliphatic hydroxyl groups is 1. The Labute approximate surface area is 165 Å². The Balaban J connectivity index is 2.12. The summed E-state index contributed by atoms with van der Waals surface area (Å²) >= 11 is 0. The van der Waals surface area contributed by atoms with Gasteiger partial charge in [0.05, 0.1) is 28.8 Å². The standard InChI is InChI=1S/C20H20F3N5O/c1-13-8-16(20(21,22)23)4-5-17(13)28-18(15-9-24-12-25-10-15)11-27-19(28)14(2)26-6-3-7-29/h4-5,8-12,26,29H,2-3,6-7H2,1H3. The van der Waals surface area contributed by atoms with Crippen LogP contribution >= 0.6 is 0 Å². The number of alkyl halides is 3. The van der Waals surface area contributed by atoms with Crippen molar-refractivity contribution in [3.05, 3.63) is 66.6 Å². The third-order valence-corrected chi connectivity index (χ3v) is 4.33. The molecule has 2 N–H and O–H groups in total. The van der Waals surface area contributed by atoms with Gasteiger partial charge in [-0.3, -0.25) is 4.57 Å². The van der Waals surface area contributed by atoms with E-state index in [1.165, 1.54) is 12.4 Å². The highest BCUT2D eigenvalue weighted by Gasteiger charge is 2.31. The van der Waals surface area contributed by atoms with Crippen LogP contribution in [-0.4, -0.2) is 37.8 Å². The second-order valence-electron chi connectivity index (χ2n) is 6.41. The second-order valence-corrected chi connectivity index (χ2v) is 6.41. The summed E-state index contributed by atoms with van der Waals surface area (Å²) in [7, 11) is 0. The number of nitrogens with one attached hydrogen (secondary N) is 1. The van der Waals surface area contributed by atoms with Crippen molar-refractivity contribution in [1.82, 2.24) is 24.8 Å². The third kappa shape index (κ3) is 4.45. The fourth-order valence-electron chi connectivity index (χ4n) is 2.92. The number of rotatable bonds is 7. The molecule has 29 heavy (non-hydrogen) atoms. The highest BCUT2D eigenvalue weighted by Crippen LogP contribution is 2.33. The molecule has 0 aliphatic carbocycles. The number of hydrogen-bond acceptors (Lipinski definition) is 5. The fraction of sp³-hybridized carbons (Fsp3) is 0.250. The molecular formula is C20H20F3N5O. The first kappa shape index (κ1) is 20.5. The minimum Gasteiger partial charge on any atom is -0.396 e. The van der Waals surface area contributed by atoms with Crippen molar-refractivity contribution in [2.45, 2.75) is 19.5 Å². The molecule has 0 fully saturated rings. The highest BCUT2D eigenvalue weighted by atomic mass is 19.4. The summed E-state index contributed by atoms with van der Waals surface area (Å²) in [5.41, 5.74) is 2.02. The lowest BCUT2D eigenvalue weighted by atomic mass is 10.1. The Morgan fingerprint density at radius 3 is 2.55 bits per heavy atom. The lowest BCUT2D eigenvalue weighted by molar-refractivity contribution is -0.137. The lowest BCUT2D eigenvalue weighted by Gasteiger charge is -2.18. The van der Waals surface area contributed by atoms with E-state index in [2.05, 4.69) is 26.8 Å². The molecule has 0 saturated carbocycles. The van der Waals surface area contributed by atoms with Gasteiger partial charge in [-0.05, 0) is 37.1 Å². The zero-order valence-corrected chi connectivity index (χ0v) is 15.7. The van der Waals surface area contributed by atoms with Gasteiger partial charge in [0, 0.05) is 31.1 Å². The van der Waals surface area contributed by atoms with Gasteiger partial charge < -0.3 is 10.4 Å². The zero-order valence-electron chi connectivity index (χ0n) is 15.7. The summed E-state index contributed by atoms with van der Waals surface area (Å²) in [6.07, 6.45) is 2.30. The molecule has 0 spiro atoms. The first-order valence-corrected chi connectivity index (χ1v) is 8.88. The molecule has 0 aliphatic heterocycles. The number of aliphatic hydroxyl groups excluding tert-OH is 1. The molecule has 0 aliphatic rings. The van der Waals surface area contributed by atoms with Gasteiger partial charge in [0.15, 0.2) is 5.82 Å². The van der Waals surface area contributed by atoms with Crippen LogP contribution in [0, 0.1) is 6.92 Å². The van der Waals surface area contributed by atoms with E-state index in [1.54, 1.807) is 30.1 Å². The number of benzene rings is 1. The quantitative estimate of drug-likeness (QED) is 0.590. The molecular weight excluding hydrogens is 383 g/mol. The van der Waals surface area contributed by atoms with E-state index < -0.39 is 11.7 Å². The van der Waals surface area contributed by atoms with Gasteiger partial charge in [0.1, 0.15) is 6.33 Å². The maximum atomic E-state index is 13.1. The van der Waals surface area contributed by atoms with Gasteiger partial charge in [0.25, 0.3) is 0 Å².